The molecule has 1 aromatic rings. The molecule has 0 aromatic heterocycles. The Morgan fingerprint density at radius 2 is 2.11 bits per heavy atom. The van der Waals surface area contributed by atoms with E-state index < -0.39 is 12.0 Å². The van der Waals surface area contributed by atoms with E-state index >= 15 is 0 Å². The molecule has 0 saturated carbocycles. The molecule has 2 amide bonds. The third-order valence-corrected chi connectivity index (χ3v) is 5.54. The fourth-order valence-corrected chi connectivity index (χ4v) is 4.14. The van der Waals surface area contributed by atoms with Gasteiger partial charge in [-0.2, -0.15) is 0 Å². The van der Waals surface area contributed by atoms with Gasteiger partial charge in [-0.3, -0.25) is 14.5 Å². The summed E-state index contributed by atoms with van der Waals surface area (Å²) in [5, 5.41) is 2.36. The summed E-state index contributed by atoms with van der Waals surface area (Å²) in [7, 11) is 0. The normalized spacial score (nSPS) is 21.1. The van der Waals surface area contributed by atoms with Gasteiger partial charge in [0.25, 0.3) is 11.8 Å². The van der Waals surface area contributed by atoms with Gasteiger partial charge in [0.2, 0.25) is 0 Å². The maximum absolute atomic E-state index is 12.5. The first kappa shape index (κ1) is 19.0. The second-order valence-electron chi connectivity index (χ2n) is 6.07. The smallest absolute Gasteiger partial charge is 0.355 e. The Balaban J connectivity index is 1.59. The molecule has 3 rings (SSSR count). The zero-order valence-corrected chi connectivity index (χ0v) is 15.7. The number of hydrogen-bond donors (Lipinski definition) is 1. The van der Waals surface area contributed by atoms with E-state index in [4.69, 9.17) is 9.47 Å². The van der Waals surface area contributed by atoms with E-state index in [1.807, 2.05) is 6.07 Å². The third kappa shape index (κ3) is 4.00. The lowest BCUT2D eigenvalue weighted by Crippen LogP contribution is -2.70. The summed E-state index contributed by atoms with van der Waals surface area (Å²) < 4.78 is 10.5. The number of esters is 1. The van der Waals surface area contributed by atoms with Gasteiger partial charge in [-0.1, -0.05) is 30.9 Å². The largest absolute Gasteiger partial charge is 0.484 e. The van der Waals surface area contributed by atoms with Crippen LogP contribution in [0, 0.1) is 0 Å². The first-order valence-electron chi connectivity index (χ1n) is 8.42. The quantitative estimate of drug-likeness (QED) is 0.433. The number of nitrogens with one attached hydrogen (secondary N) is 1. The molecule has 0 aliphatic carbocycles. The van der Waals surface area contributed by atoms with Crippen LogP contribution in [0.1, 0.15) is 6.92 Å². The van der Waals surface area contributed by atoms with Crippen molar-refractivity contribution in [2.75, 3.05) is 19.0 Å². The van der Waals surface area contributed by atoms with Gasteiger partial charge in [-0.15, -0.1) is 11.8 Å². The van der Waals surface area contributed by atoms with Crippen LogP contribution >= 0.6 is 11.8 Å². The van der Waals surface area contributed by atoms with Gasteiger partial charge in [0.05, 0.1) is 0 Å². The average Bonchev–Trinajstić information content (AvgIpc) is 2.69. The molecular weight excluding hydrogens is 368 g/mol. The standard InChI is InChI=1S/C19H20N2O5S/c1-3-9-25-19(24)16-12(2)11-27-18-15(17(23)21(16)18)20-14(22)10-26-13-7-5-4-6-8-13/h3-8,15,18H,1,9-11H2,2H3,(H,20,22). The van der Waals surface area contributed by atoms with Gasteiger partial charge < -0.3 is 14.8 Å². The second-order valence-corrected chi connectivity index (χ2v) is 7.18. The lowest BCUT2D eigenvalue weighted by atomic mass is 10.0. The number of ether oxygens (including phenoxy) is 2. The van der Waals surface area contributed by atoms with Crippen LogP contribution in [-0.2, 0) is 19.1 Å². The summed E-state index contributed by atoms with van der Waals surface area (Å²) in [5.74, 6) is -0.111. The van der Waals surface area contributed by atoms with Crippen LogP contribution in [-0.4, -0.2) is 53.1 Å². The number of amides is 2. The zero-order chi connectivity index (χ0) is 19.4. The fraction of sp³-hybridized carbons (Fsp3) is 0.316. The minimum absolute atomic E-state index is 0.0758. The van der Waals surface area contributed by atoms with Crippen LogP contribution < -0.4 is 10.1 Å². The molecule has 8 heteroatoms. The van der Waals surface area contributed by atoms with Crippen molar-refractivity contribution in [2.45, 2.75) is 18.3 Å². The number of nitrogens with zero attached hydrogens (tertiary/aromatic N) is 1. The summed E-state index contributed by atoms with van der Waals surface area (Å²) in [6, 6.07) is 8.27. The maximum atomic E-state index is 12.5. The molecule has 0 bridgehead atoms. The summed E-state index contributed by atoms with van der Waals surface area (Å²) >= 11 is 1.50. The monoisotopic (exact) mass is 388 g/mol. The minimum atomic E-state index is -0.683. The van der Waals surface area contributed by atoms with Gasteiger partial charge in [0.15, 0.2) is 6.61 Å². The first-order valence-corrected chi connectivity index (χ1v) is 9.47. The molecule has 1 saturated heterocycles. The van der Waals surface area contributed by atoms with E-state index in [0.29, 0.717) is 11.5 Å². The molecule has 0 radical (unpaired) electrons. The van der Waals surface area contributed by atoms with Crippen LogP contribution in [0.5, 0.6) is 5.75 Å². The fourth-order valence-electron chi connectivity index (χ4n) is 2.85. The zero-order valence-electron chi connectivity index (χ0n) is 14.8. The molecule has 2 heterocycles. The Labute approximate surface area is 161 Å². The van der Waals surface area contributed by atoms with Crippen molar-refractivity contribution in [3.63, 3.8) is 0 Å². The number of benzene rings is 1. The van der Waals surface area contributed by atoms with Crippen molar-refractivity contribution >= 4 is 29.5 Å². The summed E-state index contributed by atoms with van der Waals surface area (Å²) in [4.78, 5) is 38.3. The van der Waals surface area contributed by atoms with Crippen LogP contribution in [0.3, 0.4) is 0 Å². The van der Waals surface area contributed by atoms with Crippen molar-refractivity contribution in [1.29, 1.82) is 0 Å². The minimum Gasteiger partial charge on any atom is -0.484 e. The van der Waals surface area contributed by atoms with Crippen molar-refractivity contribution < 1.29 is 23.9 Å². The van der Waals surface area contributed by atoms with E-state index in [9.17, 15) is 14.4 Å². The van der Waals surface area contributed by atoms with Crippen molar-refractivity contribution in [1.82, 2.24) is 10.2 Å². The van der Waals surface area contributed by atoms with Crippen LogP contribution in [0.2, 0.25) is 0 Å². The lowest BCUT2D eigenvalue weighted by molar-refractivity contribution is -0.152. The Kier molecular flexibility index (Phi) is 5.85. The Morgan fingerprint density at radius 3 is 2.81 bits per heavy atom. The molecule has 0 spiro atoms. The van der Waals surface area contributed by atoms with E-state index in [1.165, 1.54) is 22.7 Å². The van der Waals surface area contributed by atoms with Gasteiger partial charge in [0.1, 0.15) is 29.5 Å². The highest BCUT2D eigenvalue weighted by Gasteiger charge is 2.53. The molecule has 27 heavy (non-hydrogen) atoms. The van der Waals surface area contributed by atoms with Gasteiger partial charge in [0, 0.05) is 5.75 Å². The highest BCUT2D eigenvalue weighted by molar-refractivity contribution is 8.00. The molecule has 2 atom stereocenters. The summed E-state index contributed by atoms with van der Waals surface area (Å²) in [6.45, 7) is 5.19. The number of carbonyl (C=O) groups excluding carboxylic acids is 3. The number of carbonyl (C=O) groups is 3. The van der Waals surface area contributed by atoms with Gasteiger partial charge in [-0.05, 0) is 24.6 Å². The van der Waals surface area contributed by atoms with Crippen molar-refractivity contribution in [3.05, 3.63) is 54.3 Å². The number of β-lactam (4-membered cyclic amide) rings is 1. The lowest BCUT2D eigenvalue weighted by Gasteiger charge is -2.49. The summed E-state index contributed by atoms with van der Waals surface area (Å²) in [5.41, 5.74) is 1.03. The second kappa shape index (κ2) is 8.30. The van der Waals surface area contributed by atoms with E-state index in [1.54, 1.807) is 31.2 Å². The number of thioether (sulfide) groups is 1. The highest BCUT2D eigenvalue weighted by Crippen LogP contribution is 2.40. The molecular formula is C19H20N2O5S. The molecule has 2 aliphatic rings. The molecule has 2 unspecified atom stereocenters. The summed E-state index contributed by atoms with van der Waals surface area (Å²) in [6.07, 6.45) is 1.47. The predicted molar refractivity (Wildman–Crippen MR) is 101 cm³/mol. The van der Waals surface area contributed by atoms with E-state index in [-0.39, 0.29) is 36.1 Å². The molecule has 1 aromatic carbocycles. The number of para-hydroxylation sites is 1. The SMILES string of the molecule is C=CCOC(=O)C1=C(C)CSC2C(NC(=O)COc3ccccc3)C(=O)N12. The van der Waals surface area contributed by atoms with Gasteiger partial charge >= 0.3 is 5.97 Å². The molecule has 2 aliphatic heterocycles. The molecule has 1 fully saturated rings. The third-order valence-electron chi connectivity index (χ3n) is 4.11. The van der Waals surface area contributed by atoms with Crippen LogP contribution in [0.25, 0.3) is 0 Å². The topological polar surface area (TPSA) is 84.9 Å². The van der Waals surface area contributed by atoms with E-state index in [2.05, 4.69) is 11.9 Å². The van der Waals surface area contributed by atoms with Crippen LogP contribution in [0.15, 0.2) is 54.3 Å². The Hall–Kier alpha value is -2.74. The molecule has 142 valence electrons. The number of fused-ring (bicyclic) bond motifs is 1. The number of hydrogen-bond acceptors (Lipinski definition) is 6. The first-order chi connectivity index (χ1) is 13.0. The highest BCUT2D eigenvalue weighted by atomic mass is 32.2. The molecule has 1 N–H and O–H groups in total. The van der Waals surface area contributed by atoms with E-state index in [0.717, 1.165) is 5.57 Å². The van der Waals surface area contributed by atoms with Crippen LogP contribution in [0.4, 0.5) is 0 Å². The molecule has 7 nitrogen and oxygen atoms in total. The number of rotatable bonds is 7. The van der Waals surface area contributed by atoms with Crippen molar-refractivity contribution in [2.24, 2.45) is 0 Å². The average molecular weight is 388 g/mol. The van der Waals surface area contributed by atoms with Crippen molar-refractivity contribution in [3.8, 4) is 5.75 Å². The van der Waals surface area contributed by atoms with Gasteiger partial charge in [-0.25, -0.2) is 4.79 Å². The predicted octanol–water partition coefficient (Wildman–Crippen LogP) is 1.47. The Morgan fingerprint density at radius 1 is 1.37 bits per heavy atom. The maximum Gasteiger partial charge on any atom is 0.355 e. The Bertz CT molecular complexity index is 793.